The van der Waals surface area contributed by atoms with Crippen LogP contribution in [0, 0.1) is 11.8 Å². The Balaban J connectivity index is 1.96. The van der Waals surface area contributed by atoms with Crippen LogP contribution in [0.2, 0.25) is 0 Å². The van der Waals surface area contributed by atoms with E-state index in [0.29, 0.717) is 5.92 Å². The maximum atomic E-state index is 11.2. The van der Waals surface area contributed by atoms with Crippen LogP contribution in [-0.2, 0) is 9.05 Å². The first-order chi connectivity index (χ1) is 5.98. The molecule has 0 heterocycles. The van der Waals surface area contributed by atoms with Gasteiger partial charge in [0.1, 0.15) is 0 Å². The first-order valence-electron chi connectivity index (χ1n) is 4.93. The highest BCUT2D eigenvalue weighted by atomic mass is 35.7. The van der Waals surface area contributed by atoms with Crippen molar-refractivity contribution < 1.29 is 8.42 Å². The monoisotopic (exact) mass is 222 g/mol. The van der Waals surface area contributed by atoms with E-state index in [1.165, 1.54) is 12.8 Å². The SMILES string of the molecule is CCC1CC1CC1(S(=O)(=O)Cl)CC1. The van der Waals surface area contributed by atoms with Crippen molar-refractivity contribution >= 4 is 19.7 Å². The molecule has 0 aliphatic heterocycles. The zero-order chi connectivity index (χ0) is 9.69. The highest BCUT2D eigenvalue weighted by Gasteiger charge is 2.57. The molecule has 0 aromatic heterocycles. The molecule has 2 atom stereocenters. The van der Waals surface area contributed by atoms with Gasteiger partial charge in [-0.15, -0.1) is 0 Å². The maximum absolute atomic E-state index is 11.2. The number of hydrogen-bond acceptors (Lipinski definition) is 2. The average Bonchev–Trinajstić information content (AvgIpc) is 2.84. The summed E-state index contributed by atoms with van der Waals surface area (Å²) in [7, 11) is 2.12. The van der Waals surface area contributed by atoms with E-state index >= 15 is 0 Å². The van der Waals surface area contributed by atoms with Crippen molar-refractivity contribution in [2.45, 2.75) is 43.8 Å². The lowest BCUT2D eigenvalue weighted by atomic mass is 10.1. The van der Waals surface area contributed by atoms with Gasteiger partial charge >= 0.3 is 0 Å². The van der Waals surface area contributed by atoms with Crippen molar-refractivity contribution in [1.29, 1.82) is 0 Å². The molecule has 0 saturated heterocycles. The second kappa shape index (κ2) is 2.86. The molecule has 0 amide bonds. The summed E-state index contributed by atoms with van der Waals surface area (Å²) in [5.41, 5.74) is 0. The fraction of sp³-hybridized carbons (Fsp3) is 1.00. The predicted octanol–water partition coefficient (Wildman–Crippen LogP) is 2.52. The van der Waals surface area contributed by atoms with Crippen LogP contribution in [0.1, 0.15) is 39.0 Å². The summed E-state index contributed by atoms with van der Waals surface area (Å²) >= 11 is 0. The fourth-order valence-corrected chi connectivity index (χ4v) is 3.88. The summed E-state index contributed by atoms with van der Waals surface area (Å²) in [6.45, 7) is 2.17. The summed E-state index contributed by atoms with van der Waals surface area (Å²) in [4.78, 5) is 0. The number of halogens is 1. The van der Waals surface area contributed by atoms with Crippen LogP contribution in [0.15, 0.2) is 0 Å². The van der Waals surface area contributed by atoms with Crippen molar-refractivity contribution in [2.75, 3.05) is 0 Å². The molecule has 2 nitrogen and oxygen atoms in total. The maximum Gasteiger partial charge on any atom is 0.238 e. The van der Waals surface area contributed by atoms with Crippen molar-refractivity contribution in [2.24, 2.45) is 11.8 Å². The Labute approximate surface area is 84.1 Å². The molecule has 2 saturated carbocycles. The van der Waals surface area contributed by atoms with E-state index in [1.807, 2.05) is 0 Å². The lowest BCUT2D eigenvalue weighted by Crippen LogP contribution is -2.18. The van der Waals surface area contributed by atoms with E-state index in [4.69, 9.17) is 10.7 Å². The van der Waals surface area contributed by atoms with Crippen molar-refractivity contribution in [1.82, 2.24) is 0 Å². The normalized spacial score (nSPS) is 35.8. The van der Waals surface area contributed by atoms with Gasteiger partial charge in [-0.05, 0) is 37.5 Å². The Morgan fingerprint density at radius 1 is 1.38 bits per heavy atom. The van der Waals surface area contributed by atoms with Gasteiger partial charge in [0.2, 0.25) is 9.05 Å². The number of rotatable bonds is 4. The Kier molecular flexibility index (Phi) is 2.15. The minimum Gasteiger partial charge on any atom is -0.212 e. The third kappa shape index (κ3) is 1.73. The van der Waals surface area contributed by atoms with Gasteiger partial charge in [-0.3, -0.25) is 0 Å². The molecule has 2 fully saturated rings. The quantitative estimate of drug-likeness (QED) is 0.685. The molecule has 13 heavy (non-hydrogen) atoms. The molecular weight excluding hydrogens is 208 g/mol. The standard InChI is InChI=1S/C9H15ClO2S/c1-2-7-5-8(7)6-9(3-4-9)13(10,11)12/h7-8H,2-6H2,1H3. The zero-order valence-corrected chi connectivity index (χ0v) is 9.37. The molecule has 4 heteroatoms. The van der Waals surface area contributed by atoms with Crippen LogP contribution in [-0.4, -0.2) is 13.2 Å². The van der Waals surface area contributed by atoms with Gasteiger partial charge in [-0.1, -0.05) is 13.3 Å². The zero-order valence-electron chi connectivity index (χ0n) is 7.79. The van der Waals surface area contributed by atoms with Crippen LogP contribution in [0.3, 0.4) is 0 Å². The molecule has 0 spiro atoms. The second-order valence-corrected chi connectivity index (χ2v) is 7.45. The van der Waals surface area contributed by atoms with Gasteiger partial charge in [-0.2, -0.15) is 0 Å². The Morgan fingerprint density at radius 2 is 2.00 bits per heavy atom. The van der Waals surface area contributed by atoms with Crippen LogP contribution in [0.5, 0.6) is 0 Å². The number of hydrogen-bond donors (Lipinski definition) is 0. The van der Waals surface area contributed by atoms with Crippen molar-refractivity contribution in [3.8, 4) is 0 Å². The minimum absolute atomic E-state index is 0.511. The average molecular weight is 223 g/mol. The lowest BCUT2D eigenvalue weighted by molar-refractivity contribution is 0.554. The van der Waals surface area contributed by atoms with Crippen LogP contribution >= 0.6 is 10.7 Å². The molecule has 2 rings (SSSR count). The highest BCUT2D eigenvalue weighted by molar-refractivity contribution is 8.15. The first kappa shape index (κ1) is 9.78. The van der Waals surface area contributed by atoms with Gasteiger partial charge in [0.25, 0.3) is 0 Å². The van der Waals surface area contributed by atoms with Crippen LogP contribution in [0.25, 0.3) is 0 Å². The summed E-state index contributed by atoms with van der Waals surface area (Å²) in [6, 6.07) is 0. The van der Waals surface area contributed by atoms with E-state index in [1.54, 1.807) is 0 Å². The molecule has 0 aromatic rings. The summed E-state index contributed by atoms with van der Waals surface area (Å²) in [5.74, 6) is 1.41. The topological polar surface area (TPSA) is 34.1 Å². The molecule has 2 unspecified atom stereocenters. The van der Waals surface area contributed by atoms with E-state index in [9.17, 15) is 8.42 Å². The molecule has 0 bridgehead atoms. The van der Waals surface area contributed by atoms with Crippen LogP contribution < -0.4 is 0 Å². The first-order valence-corrected chi connectivity index (χ1v) is 7.24. The van der Waals surface area contributed by atoms with Gasteiger partial charge in [0.05, 0.1) is 4.75 Å². The Bertz CT molecular complexity index is 306. The molecule has 2 aliphatic rings. The van der Waals surface area contributed by atoms with Gasteiger partial charge in [-0.25, -0.2) is 8.42 Å². The molecule has 0 N–H and O–H groups in total. The van der Waals surface area contributed by atoms with E-state index in [2.05, 4.69) is 6.92 Å². The minimum atomic E-state index is -3.31. The predicted molar refractivity (Wildman–Crippen MR) is 53.2 cm³/mol. The van der Waals surface area contributed by atoms with E-state index in [0.717, 1.165) is 25.2 Å². The third-order valence-corrected chi connectivity index (χ3v) is 6.14. The molecule has 2 aliphatic carbocycles. The van der Waals surface area contributed by atoms with Crippen LogP contribution in [0.4, 0.5) is 0 Å². The van der Waals surface area contributed by atoms with Gasteiger partial charge in [0.15, 0.2) is 0 Å². The molecule has 0 radical (unpaired) electrons. The van der Waals surface area contributed by atoms with Gasteiger partial charge in [0, 0.05) is 10.7 Å². The fourth-order valence-electron chi connectivity index (χ4n) is 2.23. The highest BCUT2D eigenvalue weighted by Crippen LogP contribution is 2.56. The molecule has 76 valence electrons. The largest absolute Gasteiger partial charge is 0.238 e. The third-order valence-electron chi connectivity index (χ3n) is 3.55. The lowest BCUT2D eigenvalue weighted by Gasteiger charge is -2.09. The van der Waals surface area contributed by atoms with Crippen molar-refractivity contribution in [3.05, 3.63) is 0 Å². The Hall–Kier alpha value is 0.240. The molecule has 0 aromatic carbocycles. The second-order valence-electron chi connectivity index (χ2n) is 4.49. The van der Waals surface area contributed by atoms with E-state index < -0.39 is 13.8 Å². The smallest absolute Gasteiger partial charge is 0.212 e. The van der Waals surface area contributed by atoms with Crippen molar-refractivity contribution in [3.63, 3.8) is 0 Å². The summed E-state index contributed by atoms with van der Waals surface area (Å²) in [6.07, 6.45) is 4.78. The molecular formula is C9H15ClO2S. The van der Waals surface area contributed by atoms with E-state index in [-0.39, 0.29) is 0 Å². The summed E-state index contributed by atoms with van der Waals surface area (Å²) < 4.78 is 22.0. The van der Waals surface area contributed by atoms with Gasteiger partial charge < -0.3 is 0 Å². The summed E-state index contributed by atoms with van der Waals surface area (Å²) in [5, 5.41) is 0. The Morgan fingerprint density at radius 3 is 2.31 bits per heavy atom.